The Bertz CT molecular complexity index is 210. The summed E-state index contributed by atoms with van der Waals surface area (Å²) in [4.78, 5) is 0. The van der Waals surface area contributed by atoms with Crippen LogP contribution in [0.3, 0.4) is 0 Å². The van der Waals surface area contributed by atoms with Crippen molar-refractivity contribution in [3.63, 3.8) is 0 Å². The number of allylic oxidation sites excluding steroid dienone is 1. The average molecular weight is 264 g/mol. The molecule has 0 saturated carbocycles. The Balaban J connectivity index is 4.49. The van der Waals surface area contributed by atoms with Gasteiger partial charge in [0, 0.05) is 0 Å². The van der Waals surface area contributed by atoms with Gasteiger partial charge in [0.15, 0.2) is 0 Å². The minimum absolute atomic E-state index is 0.144. The maximum Gasteiger partial charge on any atom is 0.316 e. The molecule has 0 aromatic rings. The van der Waals surface area contributed by atoms with Crippen LogP contribution in [0.25, 0.3) is 0 Å². The van der Waals surface area contributed by atoms with Gasteiger partial charge in [0.2, 0.25) is 0 Å². The largest absolute Gasteiger partial charge is 0.339 e. The van der Waals surface area contributed by atoms with Crippen LogP contribution in [0.15, 0.2) is 10.1 Å². The summed E-state index contributed by atoms with van der Waals surface area (Å²) in [5, 5.41) is 24.7. The second-order valence-corrected chi connectivity index (χ2v) is 4.22. The van der Waals surface area contributed by atoms with Crippen LogP contribution in [-0.4, -0.2) is 26.7 Å². The van der Waals surface area contributed by atoms with Gasteiger partial charge in [-0.1, -0.05) is 43.0 Å². The predicted molar refractivity (Wildman–Crippen MR) is 57.3 cm³/mol. The molecule has 0 aliphatic rings. The first-order valence-electron chi connectivity index (χ1n) is 4.17. The van der Waals surface area contributed by atoms with Gasteiger partial charge in [0.25, 0.3) is 0 Å². The molecule has 0 spiro atoms. The predicted octanol–water partition coefficient (Wildman–Crippen LogP) is 2.10. The molecule has 0 aromatic carbocycles. The van der Waals surface area contributed by atoms with Crippen LogP contribution in [0.2, 0.25) is 0 Å². The number of hydrogen-bond acceptors (Lipinski definition) is 3. The summed E-state index contributed by atoms with van der Waals surface area (Å²) in [5.41, 5.74) is 0. The molecule has 6 heteroatoms. The third-order valence-electron chi connectivity index (χ3n) is 1.59. The molecule has 3 nitrogen and oxygen atoms in total. The molecule has 0 fully saturated rings. The van der Waals surface area contributed by atoms with Crippen molar-refractivity contribution in [3.8, 4) is 0 Å². The van der Waals surface area contributed by atoms with E-state index in [1.54, 1.807) is 0 Å². The minimum Gasteiger partial charge on any atom is -0.339 e. The van der Waals surface area contributed by atoms with Gasteiger partial charge < -0.3 is 15.3 Å². The smallest absolute Gasteiger partial charge is 0.316 e. The summed E-state index contributed by atoms with van der Waals surface area (Å²) in [6.45, 7) is 1.98. The molecule has 0 aliphatic carbocycles. The minimum atomic E-state index is -3.11. The second-order valence-electron chi connectivity index (χ2n) is 2.91. The highest BCUT2D eigenvalue weighted by Gasteiger charge is 2.29. The molecule has 84 valence electrons. The van der Waals surface area contributed by atoms with E-state index in [9.17, 15) is 0 Å². The van der Waals surface area contributed by atoms with Gasteiger partial charge in [-0.2, -0.15) is 0 Å². The first-order chi connectivity index (χ1) is 6.30. The normalized spacial score (nSPS) is 16.5. The Morgan fingerprint density at radius 1 is 1.29 bits per heavy atom. The second kappa shape index (κ2) is 6.16. The van der Waals surface area contributed by atoms with Crippen molar-refractivity contribution in [1.29, 1.82) is 0 Å². The molecule has 3 N–H and O–H groups in total. The Hall–Kier alpha value is 0.490. The number of alkyl halides is 1. The van der Waals surface area contributed by atoms with Gasteiger partial charge in [-0.15, -0.1) is 11.6 Å². The molecule has 0 aliphatic heterocycles. The van der Waals surface area contributed by atoms with Crippen LogP contribution in [0.4, 0.5) is 0 Å². The maximum atomic E-state index is 8.71. The fourth-order valence-electron chi connectivity index (χ4n) is 0.808. The van der Waals surface area contributed by atoms with Crippen molar-refractivity contribution >= 4 is 34.8 Å². The van der Waals surface area contributed by atoms with Crippen molar-refractivity contribution in [3.05, 3.63) is 10.1 Å². The topological polar surface area (TPSA) is 60.7 Å². The fourth-order valence-corrected chi connectivity index (χ4v) is 1.49. The summed E-state index contributed by atoms with van der Waals surface area (Å²) in [6, 6.07) is 0. The lowest BCUT2D eigenvalue weighted by molar-refractivity contribution is -0.277. The maximum absolute atomic E-state index is 8.71. The number of unbranched alkanes of at least 4 members (excludes halogenated alkanes) is 1. The Kier molecular flexibility index (Phi) is 6.37. The molecule has 0 radical (unpaired) electrons. The van der Waals surface area contributed by atoms with E-state index >= 15 is 0 Å². The van der Waals surface area contributed by atoms with Crippen molar-refractivity contribution in [1.82, 2.24) is 0 Å². The van der Waals surface area contributed by atoms with Crippen molar-refractivity contribution in [2.24, 2.45) is 0 Å². The zero-order chi connectivity index (χ0) is 11.4. The number of hydrogen-bond donors (Lipinski definition) is 3. The van der Waals surface area contributed by atoms with Crippen molar-refractivity contribution in [2.75, 3.05) is 0 Å². The average Bonchev–Trinajstić information content (AvgIpc) is 2.10. The zero-order valence-corrected chi connectivity index (χ0v) is 9.94. The fraction of sp³-hybridized carbons (Fsp3) is 0.750. The van der Waals surface area contributed by atoms with Crippen LogP contribution < -0.4 is 0 Å². The van der Waals surface area contributed by atoms with Crippen LogP contribution >= 0.6 is 34.8 Å². The van der Waals surface area contributed by atoms with Gasteiger partial charge in [-0.3, -0.25) is 0 Å². The molecule has 0 bridgehead atoms. The van der Waals surface area contributed by atoms with Crippen molar-refractivity contribution < 1.29 is 15.3 Å². The van der Waals surface area contributed by atoms with E-state index in [1.165, 1.54) is 0 Å². The molecule has 0 amide bonds. The van der Waals surface area contributed by atoms with Gasteiger partial charge in [-0.05, 0) is 6.42 Å². The van der Waals surface area contributed by atoms with Gasteiger partial charge >= 0.3 is 5.97 Å². The third-order valence-corrected chi connectivity index (χ3v) is 3.14. The standard InChI is InChI=1S/C8H13Cl3O3/c1-2-3-4-5(9)6(10)7(11)8(12,13)14/h5,12-14H,2-4H2,1H3/b7-6+. The summed E-state index contributed by atoms with van der Waals surface area (Å²) >= 11 is 16.8. The van der Waals surface area contributed by atoms with E-state index in [0.717, 1.165) is 12.8 Å². The molecule has 0 saturated heterocycles. The van der Waals surface area contributed by atoms with Gasteiger partial charge in [-0.25, -0.2) is 0 Å². The summed E-state index contributed by atoms with van der Waals surface area (Å²) in [5.74, 6) is -3.11. The lowest BCUT2D eigenvalue weighted by Crippen LogP contribution is -2.29. The SMILES string of the molecule is CCCCC(Cl)/C(Cl)=C(\Cl)C(O)(O)O. The van der Waals surface area contributed by atoms with Gasteiger partial charge in [0.05, 0.1) is 10.4 Å². The van der Waals surface area contributed by atoms with E-state index in [0.29, 0.717) is 6.42 Å². The molecule has 0 rings (SSSR count). The number of halogens is 3. The van der Waals surface area contributed by atoms with Crippen LogP contribution in [-0.2, 0) is 0 Å². The third kappa shape index (κ3) is 4.82. The Morgan fingerprint density at radius 3 is 2.14 bits per heavy atom. The lowest BCUT2D eigenvalue weighted by Gasteiger charge is -2.16. The highest BCUT2D eigenvalue weighted by molar-refractivity contribution is 6.43. The molecular formula is C8H13Cl3O3. The Labute approximate surface area is 97.9 Å². The molecule has 0 heterocycles. The zero-order valence-electron chi connectivity index (χ0n) is 7.67. The summed E-state index contributed by atoms with van der Waals surface area (Å²) in [6.07, 6.45) is 2.33. The molecule has 14 heavy (non-hydrogen) atoms. The first-order valence-corrected chi connectivity index (χ1v) is 5.36. The monoisotopic (exact) mass is 262 g/mol. The molecular weight excluding hydrogens is 250 g/mol. The number of rotatable bonds is 5. The highest BCUT2D eigenvalue weighted by atomic mass is 35.5. The highest BCUT2D eigenvalue weighted by Crippen LogP contribution is 2.29. The summed E-state index contributed by atoms with van der Waals surface area (Å²) in [7, 11) is 0. The summed E-state index contributed by atoms with van der Waals surface area (Å²) < 4.78 is 0. The quantitative estimate of drug-likeness (QED) is 0.526. The van der Waals surface area contributed by atoms with Gasteiger partial charge in [0.1, 0.15) is 5.03 Å². The molecule has 0 aromatic heterocycles. The first kappa shape index (κ1) is 14.5. The van der Waals surface area contributed by atoms with E-state index < -0.39 is 16.4 Å². The molecule has 1 unspecified atom stereocenters. The van der Waals surface area contributed by atoms with Crippen LogP contribution in [0.1, 0.15) is 26.2 Å². The van der Waals surface area contributed by atoms with E-state index in [-0.39, 0.29) is 5.03 Å². The number of aliphatic hydroxyl groups is 3. The van der Waals surface area contributed by atoms with E-state index in [1.807, 2.05) is 6.92 Å². The van der Waals surface area contributed by atoms with E-state index in [4.69, 9.17) is 50.1 Å². The van der Waals surface area contributed by atoms with Crippen molar-refractivity contribution in [2.45, 2.75) is 37.5 Å². The Morgan fingerprint density at radius 2 is 1.79 bits per heavy atom. The van der Waals surface area contributed by atoms with E-state index in [2.05, 4.69) is 0 Å². The lowest BCUT2D eigenvalue weighted by atomic mass is 10.2. The molecule has 1 atom stereocenters. The van der Waals surface area contributed by atoms with Crippen LogP contribution in [0.5, 0.6) is 0 Å². The van der Waals surface area contributed by atoms with Crippen LogP contribution in [0, 0.1) is 0 Å².